The van der Waals surface area contributed by atoms with Crippen molar-refractivity contribution < 1.29 is 4.79 Å². The SMILES string of the molecule is Cc1ccc2c(c1)C(=O)c1ccccc1C2(C)C. The van der Waals surface area contributed by atoms with Crippen molar-refractivity contribution in [3.05, 3.63) is 70.3 Å². The van der Waals surface area contributed by atoms with Crippen LogP contribution in [0, 0.1) is 6.92 Å². The minimum absolute atomic E-state index is 0.104. The molecule has 1 nitrogen and oxygen atoms in total. The molecule has 0 spiro atoms. The maximum atomic E-state index is 12.5. The highest BCUT2D eigenvalue weighted by Gasteiger charge is 2.36. The number of fused-ring (bicyclic) bond motifs is 2. The third-order valence-electron chi connectivity index (χ3n) is 3.94. The van der Waals surface area contributed by atoms with Crippen molar-refractivity contribution in [3.8, 4) is 0 Å². The van der Waals surface area contributed by atoms with Gasteiger partial charge in [0.2, 0.25) is 0 Å². The number of carbonyl (C=O) groups excluding carboxylic acids is 1. The molecule has 0 fully saturated rings. The molecular weight excluding hydrogens is 220 g/mol. The zero-order valence-electron chi connectivity index (χ0n) is 10.9. The maximum Gasteiger partial charge on any atom is 0.193 e. The van der Waals surface area contributed by atoms with Crippen LogP contribution in [0.4, 0.5) is 0 Å². The molecule has 2 aromatic carbocycles. The smallest absolute Gasteiger partial charge is 0.193 e. The van der Waals surface area contributed by atoms with Gasteiger partial charge in [-0.25, -0.2) is 0 Å². The number of aryl methyl sites for hydroxylation is 1. The lowest BCUT2D eigenvalue weighted by Crippen LogP contribution is -2.30. The molecule has 0 aliphatic heterocycles. The molecule has 0 saturated carbocycles. The summed E-state index contributed by atoms with van der Waals surface area (Å²) < 4.78 is 0. The minimum Gasteiger partial charge on any atom is -0.289 e. The lowest BCUT2D eigenvalue weighted by atomic mass is 9.68. The Labute approximate surface area is 107 Å². The molecular formula is C17H16O. The number of carbonyl (C=O) groups is 1. The van der Waals surface area contributed by atoms with E-state index in [1.54, 1.807) is 0 Å². The highest BCUT2D eigenvalue weighted by molar-refractivity contribution is 6.13. The fourth-order valence-electron chi connectivity index (χ4n) is 2.91. The van der Waals surface area contributed by atoms with Gasteiger partial charge < -0.3 is 0 Å². The second kappa shape index (κ2) is 3.55. The molecule has 0 atom stereocenters. The van der Waals surface area contributed by atoms with Crippen LogP contribution in [0.3, 0.4) is 0 Å². The molecule has 0 saturated heterocycles. The van der Waals surface area contributed by atoms with Gasteiger partial charge in [-0.05, 0) is 24.1 Å². The van der Waals surface area contributed by atoms with Crippen LogP contribution in [0.2, 0.25) is 0 Å². The molecule has 18 heavy (non-hydrogen) atoms. The summed E-state index contributed by atoms with van der Waals surface area (Å²) in [5, 5.41) is 0. The molecule has 1 heteroatoms. The third-order valence-corrected chi connectivity index (χ3v) is 3.94. The van der Waals surface area contributed by atoms with Crippen molar-refractivity contribution in [1.29, 1.82) is 0 Å². The van der Waals surface area contributed by atoms with Crippen molar-refractivity contribution in [3.63, 3.8) is 0 Å². The van der Waals surface area contributed by atoms with E-state index in [1.165, 1.54) is 0 Å². The Morgan fingerprint density at radius 3 is 2.33 bits per heavy atom. The Kier molecular flexibility index (Phi) is 2.21. The van der Waals surface area contributed by atoms with E-state index in [0.717, 1.165) is 27.8 Å². The molecule has 3 rings (SSSR count). The lowest BCUT2D eigenvalue weighted by molar-refractivity contribution is 0.103. The zero-order chi connectivity index (χ0) is 12.9. The summed E-state index contributed by atoms with van der Waals surface area (Å²) in [4.78, 5) is 12.5. The summed E-state index contributed by atoms with van der Waals surface area (Å²) in [6, 6.07) is 14.1. The van der Waals surface area contributed by atoms with E-state index < -0.39 is 0 Å². The molecule has 0 unspecified atom stereocenters. The van der Waals surface area contributed by atoms with Crippen LogP contribution in [-0.2, 0) is 5.41 Å². The van der Waals surface area contributed by atoms with Gasteiger partial charge in [0, 0.05) is 16.5 Å². The average Bonchev–Trinajstić information content (AvgIpc) is 2.36. The van der Waals surface area contributed by atoms with Crippen LogP contribution in [-0.4, -0.2) is 5.78 Å². The van der Waals surface area contributed by atoms with Crippen LogP contribution in [0.25, 0.3) is 0 Å². The summed E-state index contributed by atoms with van der Waals surface area (Å²) in [5.41, 5.74) is 5.01. The number of hydrogen-bond donors (Lipinski definition) is 0. The molecule has 0 radical (unpaired) electrons. The van der Waals surface area contributed by atoms with E-state index in [0.29, 0.717) is 0 Å². The van der Waals surface area contributed by atoms with E-state index in [-0.39, 0.29) is 11.2 Å². The standard InChI is InChI=1S/C17H16O/c1-11-8-9-15-13(10-11)16(18)12-6-4-5-7-14(12)17(15,2)3/h4-10H,1-3H3. The van der Waals surface area contributed by atoms with Gasteiger partial charge in [-0.1, -0.05) is 55.8 Å². The summed E-state index contributed by atoms with van der Waals surface area (Å²) in [6.07, 6.45) is 0. The molecule has 0 bridgehead atoms. The Balaban J connectivity index is 2.37. The predicted octanol–water partition coefficient (Wildman–Crippen LogP) is 3.87. The first-order valence-corrected chi connectivity index (χ1v) is 6.27. The Bertz CT molecular complexity index is 650. The molecule has 90 valence electrons. The number of benzene rings is 2. The Morgan fingerprint density at radius 1 is 0.889 bits per heavy atom. The maximum absolute atomic E-state index is 12.5. The highest BCUT2D eigenvalue weighted by atomic mass is 16.1. The van der Waals surface area contributed by atoms with Crippen molar-refractivity contribution in [2.45, 2.75) is 26.2 Å². The molecule has 0 heterocycles. The van der Waals surface area contributed by atoms with Gasteiger partial charge in [-0.3, -0.25) is 4.79 Å². The van der Waals surface area contributed by atoms with Gasteiger partial charge in [0.05, 0.1) is 0 Å². The van der Waals surface area contributed by atoms with Crippen LogP contribution in [0.1, 0.15) is 46.5 Å². The van der Waals surface area contributed by atoms with Crippen molar-refractivity contribution >= 4 is 5.78 Å². The largest absolute Gasteiger partial charge is 0.289 e. The number of ketones is 1. The van der Waals surface area contributed by atoms with E-state index in [2.05, 4.69) is 32.0 Å². The number of rotatable bonds is 0. The second-order valence-electron chi connectivity index (χ2n) is 5.55. The summed E-state index contributed by atoms with van der Waals surface area (Å²) >= 11 is 0. The minimum atomic E-state index is -0.104. The van der Waals surface area contributed by atoms with Crippen LogP contribution >= 0.6 is 0 Å². The van der Waals surface area contributed by atoms with Crippen LogP contribution in [0.15, 0.2) is 42.5 Å². The Morgan fingerprint density at radius 2 is 1.56 bits per heavy atom. The molecule has 1 aliphatic rings. The van der Waals surface area contributed by atoms with Gasteiger partial charge in [-0.15, -0.1) is 0 Å². The second-order valence-corrected chi connectivity index (χ2v) is 5.55. The summed E-state index contributed by atoms with van der Waals surface area (Å²) in [6.45, 7) is 6.40. The van der Waals surface area contributed by atoms with E-state index in [1.807, 2.05) is 31.2 Å². The van der Waals surface area contributed by atoms with Crippen molar-refractivity contribution in [1.82, 2.24) is 0 Å². The predicted molar refractivity (Wildman–Crippen MR) is 73.2 cm³/mol. The van der Waals surface area contributed by atoms with Crippen molar-refractivity contribution in [2.24, 2.45) is 0 Å². The summed E-state index contributed by atoms with van der Waals surface area (Å²) in [5.74, 6) is 0.156. The first kappa shape index (κ1) is 11.2. The first-order valence-electron chi connectivity index (χ1n) is 6.27. The fourth-order valence-corrected chi connectivity index (χ4v) is 2.91. The zero-order valence-corrected chi connectivity index (χ0v) is 10.9. The van der Waals surface area contributed by atoms with Crippen LogP contribution in [0.5, 0.6) is 0 Å². The normalized spacial score (nSPS) is 16.1. The summed E-state index contributed by atoms with van der Waals surface area (Å²) in [7, 11) is 0. The molecule has 2 aromatic rings. The van der Waals surface area contributed by atoms with Crippen molar-refractivity contribution in [2.75, 3.05) is 0 Å². The lowest BCUT2D eigenvalue weighted by Gasteiger charge is -2.34. The molecule has 0 aromatic heterocycles. The third kappa shape index (κ3) is 1.37. The molecule has 0 amide bonds. The Hall–Kier alpha value is -1.89. The first-order chi connectivity index (χ1) is 8.51. The topological polar surface area (TPSA) is 17.1 Å². The monoisotopic (exact) mass is 236 g/mol. The van der Waals surface area contributed by atoms with Gasteiger partial charge in [-0.2, -0.15) is 0 Å². The molecule has 1 aliphatic carbocycles. The van der Waals surface area contributed by atoms with Gasteiger partial charge in [0.15, 0.2) is 5.78 Å². The van der Waals surface area contributed by atoms with E-state index in [9.17, 15) is 4.79 Å². The van der Waals surface area contributed by atoms with E-state index in [4.69, 9.17) is 0 Å². The highest BCUT2D eigenvalue weighted by Crippen LogP contribution is 2.41. The van der Waals surface area contributed by atoms with Gasteiger partial charge >= 0.3 is 0 Å². The van der Waals surface area contributed by atoms with Gasteiger partial charge in [0.25, 0.3) is 0 Å². The average molecular weight is 236 g/mol. The van der Waals surface area contributed by atoms with E-state index >= 15 is 0 Å². The number of hydrogen-bond acceptors (Lipinski definition) is 1. The fraction of sp³-hybridized carbons (Fsp3) is 0.235. The molecule has 0 N–H and O–H groups in total. The quantitative estimate of drug-likeness (QED) is 0.678. The van der Waals surface area contributed by atoms with Gasteiger partial charge in [0.1, 0.15) is 0 Å². The van der Waals surface area contributed by atoms with Crippen LogP contribution < -0.4 is 0 Å².